The van der Waals surface area contributed by atoms with Gasteiger partial charge in [-0.1, -0.05) is 27.5 Å². The largest absolute Gasteiger partial charge is 0.351 e. The first-order valence-corrected chi connectivity index (χ1v) is 7.94. The average molecular weight is 337 g/mol. The van der Waals surface area contributed by atoms with Crippen LogP contribution in [0.25, 0.3) is 0 Å². The van der Waals surface area contributed by atoms with Gasteiger partial charge < -0.3 is 5.32 Å². The third-order valence-corrected chi connectivity index (χ3v) is 5.27. The van der Waals surface area contributed by atoms with Gasteiger partial charge in [0.15, 0.2) is 0 Å². The van der Waals surface area contributed by atoms with Crippen LogP contribution >= 0.6 is 38.9 Å². The van der Waals surface area contributed by atoms with Gasteiger partial charge in [-0.25, -0.2) is 0 Å². The van der Waals surface area contributed by atoms with Crippen LogP contribution in [0.15, 0.2) is 12.1 Å². The van der Waals surface area contributed by atoms with Crippen LogP contribution in [-0.4, -0.2) is 17.3 Å². The van der Waals surface area contributed by atoms with E-state index in [1.807, 2.05) is 0 Å². The lowest BCUT2D eigenvalue weighted by Gasteiger charge is -2.25. The van der Waals surface area contributed by atoms with Gasteiger partial charge in [-0.15, -0.1) is 11.3 Å². The van der Waals surface area contributed by atoms with E-state index in [0.29, 0.717) is 20.0 Å². The Bertz CT molecular complexity index is 388. The Kier molecular flexibility index (Phi) is 4.88. The lowest BCUT2D eigenvalue weighted by atomic mass is 9.89. The van der Waals surface area contributed by atoms with Crippen molar-refractivity contribution in [3.05, 3.63) is 21.3 Å². The van der Waals surface area contributed by atoms with Crippen molar-refractivity contribution >= 4 is 44.8 Å². The maximum Gasteiger partial charge on any atom is 0.261 e. The molecule has 0 saturated heterocycles. The topological polar surface area (TPSA) is 29.1 Å². The minimum absolute atomic E-state index is 0.00265. The molecular weight excluding hydrogens is 322 g/mol. The monoisotopic (exact) mass is 335 g/mol. The fourth-order valence-corrected chi connectivity index (χ4v) is 3.57. The number of alkyl halides is 1. The van der Waals surface area contributed by atoms with E-state index >= 15 is 0 Å². The summed E-state index contributed by atoms with van der Waals surface area (Å²) in [5.74, 6) is 0.631. The molecule has 1 fully saturated rings. The number of amides is 1. The Morgan fingerprint density at radius 1 is 1.41 bits per heavy atom. The Morgan fingerprint density at radius 3 is 2.71 bits per heavy atom. The van der Waals surface area contributed by atoms with Crippen molar-refractivity contribution in [2.24, 2.45) is 5.92 Å². The third kappa shape index (κ3) is 3.97. The maximum atomic E-state index is 11.8. The van der Waals surface area contributed by atoms with E-state index in [1.54, 1.807) is 12.1 Å². The third-order valence-electron chi connectivity index (χ3n) is 3.12. The maximum absolute atomic E-state index is 11.8. The molecule has 94 valence electrons. The molecule has 0 aliphatic heterocycles. The van der Waals surface area contributed by atoms with Gasteiger partial charge in [-0.2, -0.15) is 0 Å². The molecule has 17 heavy (non-hydrogen) atoms. The lowest BCUT2D eigenvalue weighted by Crippen LogP contribution is -2.30. The second kappa shape index (κ2) is 6.21. The number of nitrogens with one attached hydrogen (secondary N) is 1. The Balaban J connectivity index is 1.76. The molecule has 1 aliphatic rings. The van der Waals surface area contributed by atoms with Crippen LogP contribution in [0.3, 0.4) is 0 Å². The highest BCUT2D eigenvalue weighted by molar-refractivity contribution is 9.09. The van der Waals surface area contributed by atoms with Crippen LogP contribution in [0.5, 0.6) is 0 Å². The van der Waals surface area contributed by atoms with Crippen LogP contribution in [-0.2, 0) is 0 Å². The number of carbonyl (C=O) groups excluding carboxylic acids is 1. The van der Waals surface area contributed by atoms with Crippen LogP contribution in [0.1, 0.15) is 35.4 Å². The number of hydrogen-bond donors (Lipinski definition) is 1. The SMILES string of the molecule is O=C(NCC1CCC(Br)CC1)c1ccc(Cl)s1. The van der Waals surface area contributed by atoms with Crippen molar-refractivity contribution in [1.29, 1.82) is 0 Å². The Labute approximate surface area is 119 Å². The van der Waals surface area contributed by atoms with Crippen molar-refractivity contribution in [1.82, 2.24) is 5.32 Å². The van der Waals surface area contributed by atoms with E-state index in [1.165, 1.54) is 37.0 Å². The molecule has 1 aromatic rings. The highest BCUT2D eigenvalue weighted by Gasteiger charge is 2.20. The lowest BCUT2D eigenvalue weighted by molar-refractivity contribution is 0.0948. The standard InChI is InChI=1S/C12H15BrClNOS/c13-9-3-1-8(2-4-9)7-15-12(16)10-5-6-11(14)17-10/h5-6,8-9H,1-4,7H2,(H,15,16). The predicted octanol–water partition coefficient (Wildman–Crippen LogP) is 4.09. The molecule has 1 heterocycles. The summed E-state index contributed by atoms with van der Waals surface area (Å²) in [5.41, 5.74) is 0. The molecule has 1 saturated carbocycles. The van der Waals surface area contributed by atoms with Crippen LogP contribution in [0.2, 0.25) is 4.34 Å². The Hall–Kier alpha value is -0.0600. The van der Waals surface area contributed by atoms with E-state index in [9.17, 15) is 4.79 Å². The van der Waals surface area contributed by atoms with E-state index < -0.39 is 0 Å². The summed E-state index contributed by atoms with van der Waals surface area (Å²) in [6.07, 6.45) is 4.82. The van der Waals surface area contributed by atoms with Gasteiger partial charge in [-0.3, -0.25) is 4.79 Å². The van der Waals surface area contributed by atoms with Crippen LogP contribution in [0.4, 0.5) is 0 Å². The quantitative estimate of drug-likeness (QED) is 0.828. The normalized spacial score (nSPS) is 24.6. The molecule has 0 bridgehead atoms. The fourth-order valence-electron chi connectivity index (χ4n) is 2.09. The second-order valence-electron chi connectivity index (χ2n) is 4.43. The predicted molar refractivity (Wildman–Crippen MR) is 76.3 cm³/mol. The van der Waals surface area contributed by atoms with Gasteiger partial charge in [0.2, 0.25) is 0 Å². The zero-order valence-electron chi connectivity index (χ0n) is 9.42. The van der Waals surface area contributed by atoms with Crippen LogP contribution in [0, 0.1) is 5.92 Å². The molecule has 0 aromatic carbocycles. The summed E-state index contributed by atoms with van der Waals surface area (Å²) in [6.45, 7) is 0.786. The average Bonchev–Trinajstić information content (AvgIpc) is 2.75. The minimum Gasteiger partial charge on any atom is -0.351 e. The number of carbonyl (C=O) groups is 1. The van der Waals surface area contributed by atoms with E-state index in [4.69, 9.17) is 11.6 Å². The summed E-state index contributed by atoms with van der Waals surface area (Å²) in [4.78, 5) is 13.2. The highest BCUT2D eigenvalue weighted by Crippen LogP contribution is 2.28. The second-order valence-corrected chi connectivity index (χ2v) is 7.44. The molecule has 1 aromatic heterocycles. The number of halogens is 2. The zero-order valence-corrected chi connectivity index (χ0v) is 12.6. The summed E-state index contributed by atoms with van der Waals surface area (Å²) in [7, 11) is 0. The minimum atomic E-state index is 0.00265. The smallest absolute Gasteiger partial charge is 0.261 e. The summed E-state index contributed by atoms with van der Waals surface area (Å²) >= 11 is 10.8. The van der Waals surface area contributed by atoms with Gasteiger partial charge in [0.1, 0.15) is 0 Å². The molecule has 1 N–H and O–H groups in total. The molecule has 1 amide bonds. The van der Waals surface area contributed by atoms with Gasteiger partial charge in [-0.05, 0) is 43.7 Å². The van der Waals surface area contributed by atoms with Gasteiger partial charge >= 0.3 is 0 Å². The van der Waals surface area contributed by atoms with Gasteiger partial charge in [0.05, 0.1) is 9.21 Å². The molecule has 5 heteroatoms. The summed E-state index contributed by atoms with van der Waals surface area (Å²) < 4.78 is 0.662. The fraction of sp³-hybridized carbons (Fsp3) is 0.583. The first kappa shape index (κ1) is 13.4. The van der Waals surface area contributed by atoms with Crippen molar-refractivity contribution in [2.75, 3.05) is 6.54 Å². The number of hydrogen-bond acceptors (Lipinski definition) is 2. The number of thiophene rings is 1. The van der Waals surface area contributed by atoms with E-state index in [0.717, 1.165) is 6.54 Å². The van der Waals surface area contributed by atoms with Crippen molar-refractivity contribution in [2.45, 2.75) is 30.5 Å². The van der Waals surface area contributed by atoms with Gasteiger partial charge in [0.25, 0.3) is 5.91 Å². The molecule has 0 radical (unpaired) electrons. The molecule has 1 aliphatic carbocycles. The van der Waals surface area contributed by atoms with Crippen molar-refractivity contribution in [3.8, 4) is 0 Å². The molecular formula is C12H15BrClNOS. The number of rotatable bonds is 3. The Morgan fingerprint density at radius 2 is 2.12 bits per heavy atom. The van der Waals surface area contributed by atoms with Crippen molar-refractivity contribution in [3.63, 3.8) is 0 Å². The first-order valence-electron chi connectivity index (χ1n) is 5.83. The molecule has 2 rings (SSSR count). The molecule has 0 spiro atoms. The highest BCUT2D eigenvalue weighted by atomic mass is 79.9. The summed E-state index contributed by atoms with van der Waals surface area (Å²) in [6, 6.07) is 3.54. The summed E-state index contributed by atoms with van der Waals surface area (Å²) in [5, 5.41) is 2.99. The van der Waals surface area contributed by atoms with Crippen LogP contribution < -0.4 is 5.32 Å². The molecule has 0 atom stereocenters. The first-order chi connectivity index (χ1) is 8.15. The van der Waals surface area contributed by atoms with E-state index in [2.05, 4.69) is 21.2 Å². The molecule has 0 unspecified atom stereocenters. The van der Waals surface area contributed by atoms with Gasteiger partial charge in [0, 0.05) is 11.4 Å². The van der Waals surface area contributed by atoms with E-state index in [-0.39, 0.29) is 5.91 Å². The van der Waals surface area contributed by atoms with Crippen molar-refractivity contribution < 1.29 is 4.79 Å². The zero-order chi connectivity index (χ0) is 12.3. The molecule has 2 nitrogen and oxygen atoms in total.